The van der Waals surface area contributed by atoms with Gasteiger partial charge in [0, 0.05) is 22.6 Å². The van der Waals surface area contributed by atoms with Crippen LogP contribution in [0.1, 0.15) is 33.6 Å². The summed E-state index contributed by atoms with van der Waals surface area (Å²) in [6, 6.07) is 7.02. The predicted octanol–water partition coefficient (Wildman–Crippen LogP) is 4.16. The van der Waals surface area contributed by atoms with Gasteiger partial charge in [0.15, 0.2) is 11.6 Å². The Balaban J connectivity index is 2.09. The van der Waals surface area contributed by atoms with E-state index in [2.05, 4.69) is 0 Å². The van der Waals surface area contributed by atoms with Crippen LogP contribution in [0.25, 0.3) is 10.8 Å². The van der Waals surface area contributed by atoms with E-state index in [1.807, 2.05) is 12.2 Å². The summed E-state index contributed by atoms with van der Waals surface area (Å²) < 4.78 is 0. The lowest BCUT2D eigenvalue weighted by Crippen LogP contribution is -2.37. The summed E-state index contributed by atoms with van der Waals surface area (Å²) in [6.45, 7) is 0. The molecule has 2 aliphatic rings. The van der Waals surface area contributed by atoms with Crippen molar-refractivity contribution in [2.75, 3.05) is 0 Å². The summed E-state index contributed by atoms with van der Waals surface area (Å²) in [5.74, 6) is -1.17. The van der Waals surface area contributed by atoms with E-state index >= 15 is 0 Å². The molecule has 0 aromatic heterocycles. The zero-order valence-electron chi connectivity index (χ0n) is 11.7. The molecular weight excluding hydrogens is 300 g/mol. The Labute approximate surface area is 132 Å². The third-order valence-corrected chi connectivity index (χ3v) is 5.12. The molecule has 0 fully saturated rings. The number of fused-ring (bicyclic) bond motifs is 3. The number of carbonyl (C=O) groups excluding carboxylic acids is 2. The third-order valence-electron chi connectivity index (χ3n) is 4.72. The van der Waals surface area contributed by atoms with Crippen molar-refractivity contribution in [1.29, 1.82) is 0 Å². The molecule has 2 aromatic carbocycles. The average Bonchev–Trinajstić information content (AvgIpc) is 2.56. The van der Waals surface area contributed by atoms with Crippen molar-refractivity contribution in [3.05, 3.63) is 52.6 Å². The van der Waals surface area contributed by atoms with Crippen LogP contribution in [0.4, 0.5) is 0 Å². The van der Waals surface area contributed by atoms with Crippen molar-refractivity contribution >= 4 is 33.9 Å². The first-order valence-corrected chi connectivity index (χ1v) is 7.65. The predicted molar refractivity (Wildman–Crippen MR) is 84.6 cm³/mol. The number of halogens is 1. The molecule has 0 amide bonds. The highest BCUT2D eigenvalue weighted by atomic mass is 35.5. The molecule has 22 heavy (non-hydrogen) atoms. The van der Waals surface area contributed by atoms with Gasteiger partial charge in [-0.2, -0.15) is 0 Å². The van der Waals surface area contributed by atoms with Gasteiger partial charge in [0.1, 0.15) is 5.75 Å². The summed E-state index contributed by atoms with van der Waals surface area (Å²) in [6.07, 6.45) is 4.96. The molecule has 4 heteroatoms. The maximum absolute atomic E-state index is 12.8. The Hall–Kier alpha value is -2.13. The van der Waals surface area contributed by atoms with Crippen LogP contribution in [0.5, 0.6) is 5.75 Å². The summed E-state index contributed by atoms with van der Waals surface area (Å²) in [5, 5.41) is 11.9. The Morgan fingerprint density at radius 1 is 0.909 bits per heavy atom. The maximum Gasteiger partial charge on any atom is 0.171 e. The number of ketones is 2. The van der Waals surface area contributed by atoms with Gasteiger partial charge in [-0.15, -0.1) is 0 Å². The summed E-state index contributed by atoms with van der Waals surface area (Å²) in [7, 11) is 0. The van der Waals surface area contributed by atoms with Crippen LogP contribution in [0.2, 0.25) is 5.02 Å². The summed E-state index contributed by atoms with van der Waals surface area (Å²) in [4.78, 5) is 25.6. The number of benzene rings is 2. The van der Waals surface area contributed by atoms with Gasteiger partial charge in [0.05, 0.1) is 16.1 Å². The van der Waals surface area contributed by atoms with Crippen LogP contribution in [-0.4, -0.2) is 16.7 Å². The number of hydrogen-bond donors (Lipinski definition) is 1. The van der Waals surface area contributed by atoms with Gasteiger partial charge in [0.25, 0.3) is 0 Å². The Kier molecular flexibility index (Phi) is 2.88. The van der Waals surface area contributed by atoms with E-state index in [1.54, 1.807) is 24.3 Å². The summed E-state index contributed by atoms with van der Waals surface area (Å²) >= 11 is 6.42. The normalized spacial score (nSPS) is 23.5. The molecule has 1 N–H and O–H groups in total. The highest BCUT2D eigenvalue weighted by molar-refractivity contribution is 6.41. The van der Waals surface area contributed by atoms with E-state index in [1.165, 1.54) is 0 Å². The van der Waals surface area contributed by atoms with E-state index in [-0.39, 0.29) is 45.3 Å². The van der Waals surface area contributed by atoms with E-state index in [0.717, 1.165) is 0 Å². The number of carbonyl (C=O) groups is 2. The van der Waals surface area contributed by atoms with E-state index < -0.39 is 0 Å². The molecule has 2 aromatic rings. The van der Waals surface area contributed by atoms with Crippen molar-refractivity contribution in [1.82, 2.24) is 0 Å². The molecule has 0 radical (unpaired) electrons. The molecule has 3 nitrogen and oxygen atoms in total. The zero-order valence-corrected chi connectivity index (χ0v) is 12.4. The maximum atomic E-state index is 12.8. The van der Waals surface area contributed by atoms with Crippen molar-refractivity contribution in [2.45, 2.75) is 12.8 Å². The van der Waals surface area contributed by atoms with Gasteiger partial charge in [-0.25, -0.2) is 0 Å². The van der Waals surface area contributed by atoms with E-state index in [0.29, 0.717) is 23.6 Å². The lowest BCUT2D eigenvalue weighted by molar-refractivity contribution is 0.0727. The molecule has 0 aliphatic heterocycles. The fourth-order valence-electron chi connectivity index (χ4n) is 3.61. The van der Waals surface area contributed by atoms with Crippen molar-refractivity contribution < 1.29 is 14.7 Å². The topological polar surface area (TPSA) is 54.4 Å². The second-order valence-electron chi connectivity index (χ2n) is 5.84. The van der Waals surface area contributed by atoms with E-state index in [9.17, 15) is 14.7 Å². The van der Waals surface area contributed by atoms with Gasteiger partial charge >= 0.3 is 0 Å². The zero-order chi connectivity index (χ0) is 15.4. The molecule has 4 rings (SSSR count). The minimum atomic E-state index is -0.381. The fraction of sp³-hybridized carbons (Fsp3) is 0.222. The molecule has 0 saturated carbocycles. The molecule has 0 heterocycles. The van der Waals surface area contributed by atoms with E-state index in [4.69, 9.17) is 11.6 Å². The first-order valence-electron chi connectivity index (χ1n) is 7.28. The molecule has 0 saturated heterocycles. The Bertz CT molecular complexity index is 796. The lowest BCUT2D eigenvalue weighted by atomic mass is 9.68. The average molecular weight is 313 g/mol. The van der Waals surface area contributed by atoms with Gasteiger partial charge < -0.3 is 5.11 Å². The number of aromatic hydroxyl groups is 1. The minimum absolute atomic E-state index is 0.102. The number of phenols is 1. The first kappa shape index (κ1) is 13.5. The van der Waals surface area contributed by atoms with Crippen LogP contribution < -0.4 is 0 Å². The number of hydrogen-bond acceptors (Lipinski definition) is 3. The Morgan fingerprint density at radius 2 is 1.45 bits per heavy atom. The van der Waals surface area contributed by atoms with Crippen LogP contribution >= 0.6 is 11.6 Å². The Morgan fingerprint density at radius 3 is 2.09 bits per heavy atom. The van der Waals surface area contributed by atoms with Crippen molar-refractivity contribution in [3.63, 3.8) is 0 Å². The molecule has 2 atom stereocenters. The summed E-state index contributed by atoms with van der Waals surface area (Å²) in [5.41, 5.74) is 0.296. The van der Waals surface area contributed by atoms with Crippen LogP contribution in [0.3, 0.4) is 0 Å². The van der Waals surface area contributed by atoms with Gasteiger partial charge in [0.2, 0.25) is 0 Å². The molecule has 0 bridgehead atoms. The first-order chi connectivity index (χ1) is 10.6. The molecular formula is C18H13ClO3. The SMILES string of the molecule is O=C1c2c(c(Cl)c3ccccc3c2O)C(=O)C2CC=CCC12. The number of Topliss-reactive ketones (excluding diaryl/α,β-unsaturated/α-hetero) is 2. The standard InChI is InChI=1S/C18H13ClO3/c19-15-9-5-1-2-6-10(9)17(21)14-13(15)16(20)11-7-3-4-8-12(11)18(14)22/h1-6,11-12,21H,7-8H2. The number of rotatable bonds is 0. The molecule has 0 spiro atoms. The van der Waals surface area contributed by atoms with Crippen LogP contribution in [0.15, 0.2) is 36.4 Å². The second-order valence-corrected chi connectivity index (χ2v) is 6.22. The molecule has 2 aliphatic carbocycles. The largest absolute Gasteiger partial charge is 0.507 e. The lowest BCUT2D eigenvalue weighted by Gasteiger charge is -2.32. The molecule has 2 unspecified atom stereocenters. The quantitative estimate of drug-likeness (QED) is 0.743. The van der Waals surface area contributed by atoms with Gasteiger partial charge in [-0.05, 0) is 12.8 Å². The van der Waals surface area contributed by atoms with Crippen LogP contribution in [0, 0.1) is 11.8 Å². The van der Waals surface area contributed by atoms with Gasteiger partial charge in [-0.1, -0.05) is 48.0 Å². The highest BCUT2D eigenvalue weighted by Crippen LogP contribution is 2.46. The number of allylic oxidation sites excluding steroid dienone is 2. The fourth-order valence-corrected chi connectivity index (χ4v) is 3.97. The monoisotopic (exact) mass is 312 g/mol. The van der Waals surface area contributed by atoms with Crippen molar-refractivity contribution in [3.8, 4) is 5.75 Å². The third kappa shape index (κ3) is 1.63. The smallest absolute Gasteiger partial charge is 0.171 e. The van der Waals surface area contributed by atoms with Gasteiger partial charge in [-0.3, -0.25) is 9.59 Å². The van der Waals surface area contributed by atoms with Crippen molar-refractivity contribution in [2.24, 2.45) is 11.8 Å². The molecule has 110 valence electrons. The minimum Gasteiger partial charge on any atom is -0.507 e. The second kappa shape index (κ2) is 4.68. The highest BCUT2D eigenvalue weighted by Gasteiger charge is 2.44. The number of phenolic OH excluding ortho intramolecular Hbond substituents is 1. The van der Waals surface area contributed by atoms with Crippen LogP contribution in [-0.2, 0) is 0 Å².